The maximum atomic E-state index is 5.51. The number of piperazine rings is 1. The molecule has 3 rings (SSSR count). The lowest BCUT2D eigenvalue weighted by Crippen LogP contribution is -2.44. The third-order valence-electron chi connectivity index (χ3n) is 3.68. The van der Waals surface area contributed by atoms with E-state index in [1.807, 2.05) is 6.07 Å². The van der Waals surface area contributed by atoms with E-state index >= 15 is 0 Å². The van der Waals surface area contributed by atoms with Gasteiger partial charge in [0.25, 0.3) is 0 Å². The zero-order chi connectivity index (χ0) is 12.4. The van der Waals surface area contributed by atoms with Crippen LogP contribution in [0.4, 0.5) is 5.82 Å². The van der Waals surface area contributed by atoms with E-state index in [1.165, 1.54) is 5.56 Å². The first-order valence-electron chi connectivity index (χ1n) is 6.58. The van der Waals surface area contributed by atoms with Gasteiger partial charge in [-0.2, -0.15) is 0 Å². The predicted octanol–water partition coefficient (Wildman–Crippen LogP) is 1.28. The zero-order valence-electron chi connectivity index (χ0n) is 10.4. The van der Waals surface area contributed by atoms with Crippen molar-refractivity contribution in [3.8, 4) is 0 Å². The molecule has 0 radical (unpaired) electrons. The average Bonchev–Trinajstić information content (AvgIpc) is 2.93. The van der Waals surface area contributed by atoms with Crippen molar-refractivity contribution in [2.75, 3.05) is 44.3 Å². The number of pyridine rings is 1. The molecular weight excluding hydrogens is 246 g/mol. The van der Waals surface area contributed by atoms with Crippen LogP contribution < -0.4 is 10.2 Å². The molecule has 4 nitrogen and oxygen atoms in total. The van der Waals surface area contributed by atoms with Crippen molar-refractivity contribution in [3.63, 3.8) is 0 Å². The van der Waals surface area contributed by atoms with Crippen molar-refractivity contribution in [1.82, 2.24) is 10.3 Å². The number of thiol groups is 1. The highest BCUT2D eigenvalue weighted by Gasteiger charge is 2.24. The summed E-state index contributed by atoms with van der Waals surface area (Å²) in [6.07, 6.45) is 1.10. The van der Waals surface area contributed by atoms with Crippen LogP contribution in [-0.4, -0.2) is 44.4 Å². The molecule has 2 aliphatic heterocycles. The van der Waals surface area contributed by atoms with Gasteiger partial charge in [-0.15, -0.1) is 12.6 Å². The third-order valence-corrected chi connectivity index (χ3v) is 3.93. The summed E-state index contributed by atoms with van der Waals surface area (Å²) in [5, 5.41) is 4.17. The molecule has 18 heavy (non-hydrogen) atoms. The molecule has 3 heterocycles. The summed E-state index contributed by atoms with van der Waals surface area (Å²) in [7, 11) is 0. The van der Waals surface area contributed by atoms with Crippen molar-refractivity contribution >= 4 is 18.4 Å². The van der Waals surface area contributed by atoms with Crippen LogP contribution in [0.3, 0.4) is 0 Å². The van der Waals surface area contributed by atoms with Gasteiger partial charge in [-0.05, 0) is 12.5 Å². The second-order valence-corrected chi connectivity index (χ2v) is 5.34. The summed E-state index contributed by atoms with van der Waals surface area (Å²) >= 11 is 4.38. The number of nitrogens with zero attached hydrogens (tertiary/aromatic N) is 2. The summed E-state index contributed by atoms with van der Waals surface area (Å²) in [6, 6.07) is 4.16. The fourth-order valence-corrected chi connectivity index (χ4v) is 2.85. The zero-order valence-corrected chi connectivity index (χ0v) is 11.3. The highest BCUT2D eigenvalue weighted by Crippen LogP contribution is 2.32. The van der Waals surface area contributed by atoms with Gasteiger partial charge in [0.05, 0.1) is 11.6 Å². The normalized spacial score (nSPS) is 24.5. The summed E-state index contributed by atoms with van der Waals surface area (Å²) in [4.78, 5) is 7.01. The monoisotopic (exact) mass is 265 g/mol. The lowest BCUT2D eigenvalue weighted by molar-refractivity contribution is 0.194. The van der Waals surface area contributed by atoms with E-state index in [4.69, 9.17) is 4.74 Å². The van der Waals surface area contributed by atoms with Crippen LogP contribution in [0.25, 0.3) is 0 Å². The Bertz CT molecular complexity index is 415. The molecule has 0 bridgehead atoms. The van der Waals surface area contributed by atoms with Gasteiger partial charge in [0.2, 0.25) is 0 Å². The van der Waals surface area contributed by atoms with E-state index in [1.54, 1.807) is 0 Å². The number of anilines is 1. The molecule has 0 spiro atoms. The van der Waals surface area contributed by atoms with E-state index in [2.05, 4.69) is 33.9 Å². The largest absolute Gasteiger partial charge is 0.381 e. The van der Waals surface area contributed by atoms with Crippen molar-refractivity contribution in [2.24, 2.45) is 0 Å². The van der Waals surface area contributed by atoms with E-state index < -0.39 is 0 Å². The number of aromatic nitrogens is 1. The number of rotatable bonds is 2. The first-order chi connectivity index (χ1) is 8.84. The third kappa shape index (κ3) is 2.48. The first-order valence-corrected chi connectivity index (χ1v) is 7.02. The van der Waals surface area contributed by atoms with Crippen molar-refractivity contribution in [2.45, 2.75) is 17.4 Å². The number of ether oxygens (including phenoxy) is 1. The minimum absolute atomic E-state index is 0.497. The van der Waals surface area contributed by atoms with Gasteiger partial charge >= 0.3 is 0 Å². The fraction of sp³-hybridized carbons (Fsp3) is 0.615. The molecule has 0 aliphatic carbocycles. The Kier molecular flexibility index (Phi) is 3.72. The molecule has 1 N–H and O–H groups in total. The summed E-state index contributed by atoms with van der Waals surface area (Å²) < 4.78 is 5.51. The summed E-state index contributed by atoms with van der Waals surface area (Å²) in [5.41, 5.74) is 1.33. The van der Waals surface area contributed by atoms with Gasteiger partial charge in [0.15, 0.2) is 0 Å². The second-order valence-electron chi connectivity index (χ2n) is 4.88. The Labute approximate surface area is 113 Å². The Balaban J connectivity index is 1.91. The number of hydrogen-bond acceptors (Lipinski definition) is 5. The van der Waals surface area contributed by atoms with Crippen molar-refractivity contribution in [1.29, 1.82) is 0 Å². The molecule has 2 saturated heterocycles. The smallest absolute Gasteiger partial charge is 0.133 e. The Morgan fingerprint density at radius 3 is 2.89 bits per heavy atom. The SMILES string of the molecule is Sc1ccc([C@H]2CCOC2)c(N2CCNCC2)n1. The average molecular weight is 265 g/mol. The number of nitrogens with one attached hydrogen (secondary N) is 1. The van der Waals surface area contributed by atoms with Crippen LogP contribution in [0.2, 0.25) is 0 Å². The molecule has 5 heteroatoms. The van der Waals surface area contributed by atoms with Gasteiger partial charge in [0, 0.05) is 44.3 Å². The van der Waals surface area contributed by atoms with E-state index in [0.29, 0.717) is 5.92 Å². The van der Waals surface area contributed by atoms with Crippen molar-refractivity contribution < 1.29 is 4.74 Å². The minimum atomic E-state index is 0.497. The van der Waals surface area contributed by atoms with E-state index in [0.717, 1.165) is 56.7 Å². The molecule has 0 saturated carbocycles. The molecule has 1 atom stereocenters. The lowest BCUT2D eigenvalue weighted by atomic mass is 9.98. The molecule has 1 aromatic rings. The van der Waals surface area contributed by atoms with Gasteiger partial charge < -0.3 is 15.0 Å². The van der Waals surface area contributed by atoms with Gasteiger partial charge in [-0.1, -0.05) is 6.07 Å². The Hall–Kier alpha value is -0.780. The summed E-state index contributed by atoms with van der Waals surface area (Å²) in [5.74, 6) is 1.61. The molecule has 0 unspecified atom stereocenters. The van der Waals surface area contributed by atoms with Crippen LogP contribution in [0, 0.1) is 0 Å². The Morgan fingerprint density at radius 1 is 1.33 bits per heavy atom. The van der Waals surface area contributed by atoms with E-state index in [9.17, 15) is 0 Å². The maximum absolute atomic E-state index is 5.51. The highest BCUT2D eigenvalue weighted by molar-refractivity contribution is 7.80. The topological polar surface area (TPSA) is 37.4 Å². The predicted molar refractivity (Wildman–Crippen MR) is 74.7 cm³/mol. The summed E-state index contributed by atoms with van der Waals surface area (Å²) in [6.45, 7) is 5.79. The maximum Gasteiger partial charge on any atom is 0.133 e. The van der Waals surface area contributed by atoms with Crippen LogP contribution >= 0.6 is 12.6 Å². The fourth-order valence-electron chi connectivity index (χ4n) is 2.68. The van der Waals surface area contributed by atoms with Gasteiger partial charge in [-0.3, -0.25) is 0 Å². The quantitative estimate of drug-likeness (QED) is 0.790. The number of hydrogen-bond donors (Lipinski definition) is 2. The molecule has 2 aliphatic rings. The molecule has 0 amide bonds. The minimum Gasteiger partial charge on any atom is -0.381 e. The molecular formula is C13H19N3OS. The molecule has 98 valence electrons. The molecule has 2 fully saturated rings. The lowest BCUT2D eigenvalue weighted by Gasteiger charge is -2.31. The van der Waals surface area contributed by atoms with Crippen LogP contribution in [-0.2, 0) is 4.74 Å². The van der Waals surface area contributed by atoms with E-state index in [-0.39, 0.29) is 0 Å². The second kappa shape index (κ2) is 5.47. The van der Waals surface area contributed by atoms with Gasteiger partial charge in [-0.25, -0.2) is 4.98 Å². The van der Waals surface area contributed by atoms with Crippen LogP contribution in [0.5, 0.6) is 0 Å². The standard InChI is InChI=1S/C13H19N3OS/c18-12-2-1-11(10-3-8-17-9-10)13(15-12)16-6-4-14-5-7-16/h1-2,10,14H,3-9H2,(H,15,18)/t10-/m0/s1. The molecule has 1 aromatic heterocycles. The first kappa shape index (κ1) is 12.3. The molecule has 0 aromatic carbocycles. The highest BCUT2D eigenvalue weighted by atomic mass is 32.1. The van der Waals surface area contributed by atoms with Crippen molar-refractivity contribution in [3.05, 3.63) is 17.7 Å². The Morgan fingerprint density at radius 2 is 2.17 bits per heavy atom. The van der Waals surface area contributed by atoms with Crippen LogP contribution in [0.1, 0.15) is 17.9 Å². The van der Waals surface area contributed by atoms with Crippen LogP contribution in [0.15, 0.2) is 17.2 Å². The van der Waals surface area contributed by atoms with Gasteiger partial charge in [0.1, 0.15) is 5.82 Å².